The Morgan fingerprint density at radius 2 is 1.24 bits per heavy atom. The molecule has 0 aliphatic carbocycles. The number of aromatic hydroxyl groups is 2. The molecule has 0 fully saturated rings. The fourth-order valence-electron chi connectivity index (χ4n) is 3.92. The highest BCUT2D eigenvalue weighted by Crippen LogP contribution is 2.48. The van der Waals surface area contributed by atoms with Gasteiger partial charge in [0.1, 0.15) is 0 Å². The van der Waals surface area contributed by atoms with Crippen molar-refractivity contribution in [1.29, 1.82) is 0 Å². The van der Waals surface area contributed by atoms with Crippen LogP contribution < -0.4 is 0 Å². The number of carboxylic acid groups (broad SMARTS) is 2. The fraction of sp³-hybridized carbons (Fsp3) is 0.0435. The van der Waals surface area contributed by atoms with Crippen molar-refractivity contribution in [2.75, 3.05) is 0 Å². The Bertz CT molecular complexity index is 1270. The quantitative estimate of drug-likeness (QED) is 0.312. The molecule has 0 aliphatic heterocycles. The smallest absolute Gasteiger partial charge is 0.330 e. The summed E-state index contributed by atoms with van der Waals surface area (Å²) in [7, 11) is 0. The first-order valence-electron chi connectivity index (χ1n) is 8.78. The van der Waals surface area contributed by atoms with Crippen LogP contribution in [-0.2, 0) is 15.0 Å². The minimum absolute atomic E-state index is 0.0124. The summed E-state index contributed by atoms with van der Waals surface area (Å²) in [5.41, 5.74) is -3.05. The number of fused-ring (bicyclic) bond motifs is 2. The zero-order valence-corrected chi connectivity index (χ0v) is 15.0. The molecule has 0 bridgehead atoms. The molecule has 4 aromatic rings. The molecule has 0 radical (unpaired) electrons. The summed E-state index contributed by atoms with van der Waals surface area (Å²) in [6, 6.07) is 19.2. The van der Waals surface area contributed by atoms with Crippen molar-refractivity contribution >= 4 is 33.5 Å². The number of carboxylic acids is 2. The summed E-state index contributed by atoms with van der Waals surface area (Å²) in [6.07, 6.45) is 0. The summed E-state index contributed by atoms with van der Waals surface area (Å²) in [4.78, 5) is 25.3. The molecular formula is C23H16O6. The summed E-state index contributed by atoms with van der Waals surface area (Å²) < 4.78 is 0. The van der Waals surface area contributed by atoms with Gasteiger partial charge >= 0.3 is 11.9 Å². The molecular weight excluding hydrogens is 372 g/mol. The largest absolute Gasteiger partial charge is 0.504 e. The van der Waals surface area contributed by atoms with Crippen molar-refractivity contribution in [2.45, 2.75) is 5.41 Å². The maximum absolute atomic E-state index is 12.6. The normalized spacial score (nSPS) is 11.6. The first kappa shape index (κ1) is 18.3. The average molecular weight is 388 g/mol. The van der Waals surface area contributed by atoms with Gasteiger partial charge in [0.2, 0.25) is 5.41 Å². The van der Waals surface area contributed by atoms with Crippen molar-refractivity contribution < 1.29 is 30.0 Å². The van der Waals surface area contributed by atoms with Gasteiger partial charge in [-0.15, -0.1) is 0 Å². The Balaban J connectivity index is 2.27. The molecule has 6 heteroatoms. The summed E-state index contributed by atoms with van der Waals surface area (Å²) >= 11 is 0. The maximum Gasteiger partial charge on any atom is 0.330 e. The number of hydrogen-bond acceptors (Lipinski definition) is 4. The van der Waals surface area contributed by atoms with E-state index in [1.165, 1.54) is 18.2 Å². The number of benzene rings is 4. The maximum atomic E-state index is 12.6. The van der Waals surface area contributed by atoms with Crippen LogP contribution in [0.1, 0.15) is 11.1 Å². The highest BCUT2D eigenvalue weighted by atomic mass is 16.4. The number of phenols is 2. The van der Waals surface area contributed by atoms with E-state index >= 15 is 0 Å². The van der Waals surface area contributed by atoms with Crippen molar-refractivity contribution in [3.63, 3.8) is 0 Å². The monoisotopic (exact) mass is 388 g/mol. The van der Waals surface area contributed by atoms with Crippen LogP contribution in [0.2, 0.25) is 0 Å². The molecule has 4 aromatic carbocycles. The van der Waals surface area contributed by atoms with Crippen LogP contribution in [0.25, 0.3) is 21.5 Å². The molecule has 0 aromatic heterocycles. The molecule has 0 heterocycles. The van der Waals surface area contributed by atoms with Crippen LogP contribution in [0.3, 0.4) is 0 Å². The fourth-order valence-corrected chi connectivity index (χ4v) is 3.92. The first-order chi connectivity index (χ1) is 13.9. The number of rotatable bonds is 4. The predicted octanol–water partition coefficient (Wildman–Crippen LogP) is 3.86. The molecule has 4 N–H and O–H groups in total. The zero-order valence-electron chi connectivity index (χ0n) is 15.0. The highest BCUT2D eigenvalue weighted by molar-refractivity contribution is 6.15. The van der Waals surface area contributed by atoms with Gasteiger partial charge in [-0.25, -0.2) is 0 Å². The van der Waals surface area contributed by atoms with Crippen LogP contribution >= 0.6 is 0 Å². The molecule has 0 amide bonds. The Labute approximate surface area is 164 Å². The van der Waals surface area contributed by atoms with Gasteiger partial charge in [0.05, 0.1) is 0 Å². The Kier molecular flexibility index (Phi) is 4.12. The second kappa shape index (κ2) is 6.53. The molecule has 0 unspecified atom stereocenters. The summed E-state index contributed by atoms with van der Waals surface area (Å²) in [5.74, 6) is -4.72. The van der Waals surface area contributed by atoms with Gasteiger partial charge in [-0.05, 0) is 33.2 Å². The van der Waals surface area contributed by atoms with E-state index in [1.54, 1.807) is 54.6 Å². The molecule has 0 saturated heterocycles. The zero-order chi connectivity index (χ0) is 20.8. The Hall–Kier alpha value is -4.06. The van der Waals surface area contributed by atoms with E-state index in [0.717, 1.165) is 0 Å². The third-order valence-corrected chi connectivity index (χ3v) is 5.21. The molecule has 0 saturated carbocycles. The van der Waals surface area contributed by atoms with Gasteiger partial charge in [0.25, 0.3) is 0 Å². The van der Waals surface area contributed by atoms with Crippen LogP contribution in [-0.4, -0.2) is 32.4 Å². The lowest BCUT2D eigenvalue weighted by Crippen LogP contribution is -2.45. The topological polar surface area (TPSA) is 115 Å². The van der Waals surface area contributed by atoms with E-state index in [1.807, 2.05) is 0 Å². The van der Waals surface area contributed by atoms with E-state index < -0.39 is 28.9 Å². The van der Waals surface area contributed by atoms with Gasteiger partial charge < -0.3 is 20.4 Å². The van der Waals surface area contributed by atoms with Gasteiger partial charge in [-0.2, -0.15) is 0 Å². The molecule has 29 heavy (non-hydrogen) atoms. The van der Waals surface area contributed by atoms with Gasteiger partial charge in [-0.3, -0.25) is 9.59 Å². The molecule has 0 atom stereocenters. The van der Waals surface area contributed by atoms with E-state index in [4.69, 9.17) is 0 Å². The van der Waals surface area contributed by atoms with Crippen LogP contribution in [0.5, 0.6) is 11.5 Å². The van der Waals surface area contributed by atoms with Crippen molar-refractivity contribution in [2.24, 2.45) is 0 Å². The average Bonchev–Trinajstić information content (AvgIpc) is 2.70. The summed E-state index contributed by atoms with van der Waals surface area (Å²) in [6.45, 7) is 0. The molecule has 144 valence electrons. The Morgan fingerprint density at radius 3 is 1.90 bits per heavy atom. The van der Waals surface area contributed by atoms with Crippen LogP contribution in [0.15, 0.2) is 72.8 Å². The van der Waals surface area contributed by atoms with Crippen molar-refractivity contribution in [3.05, 3.63) is 83.9 Å². The second-order valence-corrected chi connectivity index (χ2v) is 6.73. The van der Waals surface area contributed by atoms with E-state index in [9.17, 15) is 30.0 Å². The third kappa shape index (κ3) is 2.50. The summed E-state index contributed by atoms with van der Waals surface area (Å²) in [5, 5.41) is 43.2. The number of carbonyl (C=O) groups is 2. The van der Waals surface area contributed by atoms with Crippen LogP contribution in [0.4, 0.5) is 0 Å². The second-order valence-electron chi connectivity index (χ2n) is 6.73. The number of hydrogen-bond donors (Lipinski definition) is 4. The van der Waals surface area contributed by atoms with E-state index in [0.29, 0.717) is 16.2 Å². The standard InChI is InChI=1S/C23H16O6/c24-18-12-14-7-2-4-10-16(14)19(20(18)25)23(21(26)27,22(28)29)17-11-5-8-13-6-1-3-9-15(13)17/h1-12,24-25H,(H,26,27)(H,28,29). The molecule has 6 nitrogen and oxygen atoms in total. The lowest BCUT2D eigenvalue weighted by Gasteiger charge is -2.29. The van der Waals surface area contributed by atoms with Crippen molar-refractivity contribution in [3.8, 4) is 11.5 Å². The van der Waals surface area contributed by atoms with Gasteiger partial charge in [0, 0.05) is 5.56 Å². The SMILES string of the molecule is O=C(O)C(C(=O)O)(c1cccc2ccccc12)c1c(O)c(O)cc2ccccc12. The highest BCUT2D eigenvalue weighted by Gasteiger charge is 2.54. The van der Waals surface area contributed by atoms with Crippen molar-refractivity contribution in [1.82, 2.24) is 0 Å². The number of phenolic OH excluding ortho intramolecular Hbond substituents is 2. The molecule has 0 aliphatic rings. The minimum Gasteiger partial charge on any atom is -0.504 e. The predicted molar refractivity (Wildman–Crippen MR) is 107 cm³/mol. The lowest BCUT2D eigenvalue weighted by atomic mass is 9.70. The Morgan fingerprint density at radius 1 is 0.690 bits per heavy atom. The van der Waals surface area contributed by atoms with E-state index in [-0.39, 0.29) is 16.5 Å². The lowest BCUT2D eigenvalue weighted by molar-refractivity contribution is -0.155. The molecule has 4 rings (SSSR count). The molecule has 0 spiro atoms. The minimum atomic E-state index is -2.65. The van der Waals surface area contributed by atoms with Gasteiger partial charge in [-0.1, -0.05) is 66.7 Å². The van der Waals surface area contributed by atoms with Gasteiger partial charge in [0.15, 0.2) is 11.5 Å². The third-order valence-electron chi connectivity index (χ3n) is 5.21. The van der Waals surface area contributed by atoms with Crippen LogP contribution in [0, 0.1) is 0 Å². The first-order valence-corrected chi connectivity index (χ1v) is 8.78. The number of aliphatic carboxylic acids is 2. The van der Waals surface area contributed by atoms with E-state index in [2.05, 4.69) is 0 Å².